The van der Waals surface area contributed by atoms with Gasteiger partial charge in [0.25, 0.3) is 10.0 Å². The maximum atomic E-state index is 12.4. The Kier molecular flexibility index (Phi) is 6.34. The molecule has 1 aromatic heterocycles. The van der Waals surface area contributed by atoms with Gasteiger partial charge in [0.15, 0.2) is 0 Å². The lowest BCUT2D eigenvalue weighted by molar-refractivity contribution is -0.116. The molecule has 25 heavy (non-hydrogen) atoms. The van der Waals surface area contributed by atoms with Crippen LogP contribution >= 0.6 is 34.5 Å². The number of hydrogen-bond acceptors (Lipinski definition) is 5. The van der Waals surface area contributed by atoms with Crippen LogP contribution in [0.2, 0.25) is 9.36 Å². The van der Waals surface area contributed by atoms with Crippen LogP contribution in [0.25, 0.3) is 0 Å². The van der Waals surface area contributed by atoms with Crippen molar-refractivity contribution in [2.75, 3.05) is 37.9 Å². The highest BCUT2D eigenvalue weighted by molar-refractivity contribution is 7.91. The molecule has 0 unspecified atom stereocenters. The van der Waals surface area contributed by atoms with Crippen molar-refractivity contribution in [2.45, 2.75) is 4.21 Å². The van der Waals surface area contributed by atoms with Gasteiger partial charge in [0.2, 0.25) is 5.91 Å². The van der Waals surface area contributed by atoms with Crippen LogP contribution in [0.15, 0.2) is 34.5 Å². The number of nitrogens with one attached hydrogen (secondary N) is 1. The quantitative estimate of drug-likeness (QED) is 0.775. The van der Waals surface area contributed by atoms with E-state index < -0.39 is 15.9 Å². The van der Waals surface area contributed by atoms with Crippen molar-refractivity contribution in [3.8, 4) is 0 Å². The van der Waals surface area contributed by atoms with Gasteiger partial charge in [-0.25, -0.2) is 8.42 Å². The largest absolute Gasteiger partial charge is 0.376 e. The zero-order valence-electron chi connectivity index (χ0n) is 13.8. The second kappa shape index (κ2) is 7.92. The third-order valence-corrected chi connectivity index (χ3v) is 7.03. The summed E-state index contributed by atoms with van der Waals surface area (Å²) in [5.41, 5.74) is 1.26. The maximum absolute atomic E-state index is 12.4. The molecular formula is C15H17Cl2N3O3S2. The molecule has 1 aromatic carbocycles. The number of thiophene rings is 1. The maximum Gasteiger partial charge on any atom is 0.252 e. The van der Waals surface area contributed by atoms with Gasteiger partial charge in [0, 0.05) is 26.2 Å². The topological polar surface area (TPSA) is 69.7 Å². The molecule has 0 bridgehead atoms. The van der Waals surface area contributed by atoms with Crippen LogP contribution in [0.5, 0.6) is 0 Å². The van der Waals surface area contributed by atoms with Gasteiger partial charge in [-0.05, 0) is 30.3 Å². The summed E-state index contributed by atoms with van der Waals surface area (Å²) in [6, 6.07) is 8.01. The lowest BCUT2D eigenvalue weighted by atomic mass is 10.2. The minimum atomic E-state index is -3.77. The predicted octanol–water partition coefficient (Wildman–Crippen LogP) is 3.38. The number of amides is 1. The van der Waals surface area contributed by atoms with E-state index in [-0.39, 0.29) is 10.8 Å². The number of hydrogen-bond donors (Lipinski definition) is 1. The molecule has 0 saturated heterocycles. The van der Waals surface area contributed by atoms with Gasteiger partial charge < -0.3 is 10.2 Å². The fourth-order valence-electron chi connectivity index (χ4n) is 2.07. The monoisotopic (exact) mass is 421 g/mol. The molecule has 0 aliphatic heterocycles. The Morgan fingerprint density at radius 1 is 1.16 bits per heavy atom. The first-order valence-electron chi connectivity index (χ1n) is 7.09. The number of rotatable bonds is 6. The Bertz CT molecular complexity index is 882. The lowest BCUT2D eigenvalue weighted by Crippen LogP contribution is -2.34. The van der Waals surface area contributed by atoms with E-state index in [0.29, 0.717) is 15.0 Å². The van der Waals surface area contributed by atoms with E-state index in [0.717, 1.165) is 21.3 Å². The number of nitrogens with zero attached hydrogens (tertiary/aromatic N) is 2. The molecule has 1 heterocycles. The molecule has 2 rings (SSSR count). The van der Waals surface area contributed by atoms with Crippen molar-refractivity contribution >= 4 is 61.8 Å². The number of carbonyl (C=O) groups excluding carboxylic acids is 1. The standard InChI is InChI=1S/C15H17Cl2N3O3S2/c1-19(2)12-5-4-10(16)8-11(12)18-14(21)9-20(3)25(22,23)15-7-6-13(17)24-15/h4-8H,9H2,1-3H3,(H,18,21). The Labute approximate surface area is 161 Å². The summed E-state index contributed by atoms with van der Waals surface area (Å²) in [6.07, 6.45) is 0. The number of benzene rings is 1. The van der Waals surface area contributed by atoms with Crippen LogP contribution in [0.1, 0.15) is 0 Å². The van der Waals surface area contributed by atoms with Crippen molar-refractivity contribution in [3.63, 3.8) is 0 Å². The third kappa shape index (κ3) is 4.86. The normalized spacial score (nSPS) is 11.6. The van der Waals surface area contributed by atoms with Crippen LogP contribution in [0.4, 0.5) is 11.4 Å². The summed E-state index contributed by atoms with van der Waals surface area (Å²) in [4.78, 5) is 14.1. The summed E-state index contributed by atoms with van der Waals surface area (Å²) in [5, 5.41) is 3.17. The minimum absolute atomic E-state index is 0.0875. The molecule has 6 nitrogen and oxygen atoms in total. The summed E-state index contributed by atoms with van der Waals surface area (Å²) < 4.78 is 26.3. The molecule has 136 valence electrons. The van der Waals surface area contributed by atoms with Crippen molar-refractivity contribution in [2.24, 2.45) is 0 Å². The molecule has 0 fully saturated rings. The van der Waals surface area contributed by atoms with Crippen LogP contribution in [-0.4, -0.2) is 46.3 Å². The fraction of sp³-hybridized carbons (Fsp3) is 0.267. The van der Waals surface area contributed by atoms with E-state index in [1.165, 1.54) is 19.2 Å². The molecule has 0 atom stereocenters. The summed E-state index contributed by atoms with van der Waals surface area (Å²) >= 11 is 12.7. The number of likely N-dealkylation sites (N-methyl/N-ethyl adjacent to an activating group) is 1. The Morgan fingerprint density at radius 3 is 2.40 bits per heavy atom. The van der Waals surface area contributed by atoms with Gasteiger partial charge in [0.05, 0.1) is 22.3 Å². The van der Waals surface area contributed by atoms with Gasteiger partial charge in [-0.2, -0.15) is 4.31 Å². The van der Waals surface area contributed by atoms with Gasteiger partial charge in [-0.1, -0.05) is 23.2 Å². The first-order valence-corrected chi connectivity index (χ1v) is 10.1. The number of halogens is 2. The second-order valence-electron chi connectivity index (χ2n) is 5.42. The van der Waals surface area contributed by atoms with Gasteiger partial charge in [-0.15, -0.1) is 11.3 Å². The van der Waals surface area contributed by atoms with Gasteiger partial charge >= 0.3 is 0 Å². The smallest absolute Gasteiger partial charge is 0.252 e. The van der Waals surface area contributed by atoms with E-state index in [1.807, 2.05) is 19.0 Å². The summed E-state index contributed by atoms with van der Waals surface area (Å²) in [5.74, 6) is -0.473. The molecule has 1 N–H and O–H groups in total. The van der Waals surface area contributed by atoms with Crippen molar-refractivity contribution in [3.05, 3.63) is 39.7 Å². The molecule has 0 saturated carbocycles. The van der Waals surface area contributed by atoms with E-state index in [1.54, 1.807) is 18.2 Å². The summed E-state index contributed by atoms with van der Waals surface area (Å²) in [6.45, 7) is -0.336. The molecule has 0 aliphatic rings. The first kappa shape index (κ1) is 20.0. The lowest BCUT2D eigenvalue weighted by Gasteiger charge is -2.20. The average Bonchev–Trinajstić information content (AvgIpc) is 2.94. The Balaban J connectivity index is 2.14. The van der Waals surface area contributed by atoms with Crippen LogP contribution in [-0.2, 0) is 14.8 Å². The highest BCUT2D eigenvalue weighted by Gasteiger charge is 2.25. The Morgan fingerprint density at radius 2 is 1.84 bits per heavy atom. The van der Waals surface area contributed by atoms with E-state index in [4.69, 9.17) is 23.2 Å². The van der Waals surface area contributed by atoms with E-state index >= 15 is 0 Å². The van der Waals surface area contributed by atoms with Crippen LogP contribution in [0.3, 0.4) is 0 Å². The molecule has 0 spiro atoms. The number of carbonyl (C=O) groups is 1. The average molecular weight is 422 g/mol. The fourth-order valence-corrected chi connectivity index (χ4v) is 5.06. The predicted molar refractivity (Wildman–Crippen MR) is 104 cm³/mol. The molecule has 1 amide bonds. The zero-order valence-corrected chi connectivity index (χ0v) is 16.9. The third-order valence-electron chi connectivity index (χ3n) is 3.29. The van der Waals surface area contributed by atoms with Crippen LogP contribution < -0.4 is 10.2 Å². The molecular weight excluding hydrogens is 405 g/mol. The Hall–Kier alpha value is -1.32. The molecule has 2 aromatic rings. The van der Waals surface area contributed by atoms with Gasteiger partial charge in [0.1, 0.15) is 4.21 Å². The van der Waals surface area contributed by atoms with Crippen molar-refractivity contribution < 1.29 is 13.2 Å². The highest BCUT2D eigenvalue weighted by atomic mass is 35.5. The first-order chi connectivity index (χ1) is 11.6. The SMILES string of the molecule is CN(C)c1ccc(Cl)cc1NC(=O)CN(C)S(=O)(=O)c1ccc(Cl)s1. The molecule has 0 radical (unpaired) electrons. The van der Waals surface area contributed by atoms with Gasteiger partial charge in [-0.3, -0.25) is 4.79 Å². The molecule has 0 aliphatic carbocycles. The summed E-state index contributed by atoms with van der Waals surface area (Å²) in [7, 11) is 1.23. The van der Waals surface area contributed by atoms with Crippen LogP contribution in [0, 0.1) is 0 Å². The van der Waals surface area contributed by atoms with Crippen molar-refractivity contribution in [1.82, 2.24) is 4.31 Å². The molecule has 10 heteroatoms. The highest BCUT2D eigenvalue weighted by Crippen LogP contribution is 2.29. The second-order valence-corrected chi connectivity index (χ2v) is 9.85. The van der Waals surface area contributed by atoms with E-state index in [2.05, 4.69) is 5.32 Å². The zero-order chi connectivity index (χ0) is 18.8. The number of sulfonamides is 1. The van der Waals surface area contributed by atoms with Crippen molar-refractivity contribution in [1.29, 1.82) is 0 Å². The minimum Gasteiger partial charge on any atom is -0.376 e. The number of anilines is 2. The van der Waals surface area contributed by atoms with E-state index in [9.17, 15) is 13.2 Å².